The number of carbonyl (C=O) groups is 1. The van der Waals surface area contributed by atoms with Crippen molar-refractivity contribution in [2.45, 2.75) is 11.3 Å². The molecule has 5 heteroatoms. The Morgan fingerprint density at radius 1 is 1.38 bits per heavy atom. The van der Waals surface area contributed by atoms with E-state index >= 15 is 0 Å². The van der Waals surface area contributed by atoms with Gasteiger partial charge in [-0.25, -0.2) is 0 Å². The van der Waals surface area contributed by atoms with Gasteiger partial charge in [0.25, 0.3) is 0 Å². The molecule has 0 spiro atoms. The second-order valence-electron chi connectivity index (χ2n) is 3.58. The molecule has 0 N–H and O–H groups in total. The summed E-state index contributed by atoms with van der Waals surface area (Å²) in [6, 6.07) is 3.91. The van der Waals surface area contributed by atoms with Crippen LogP contribution in [0.1, 0.15) is 5.56 Å². The van der Waals surface area contributed by atoms with E-state index in [0.717, 1.165) is 27.1 Å². The Hall–Kier alpha value is -1.13. The Morgan fingerprint density at radius 2 is 2.19 bits per heavy atom. The lowest BCUT2D eigenvalue weighted by atomic mass is 10.0. The van der Waals surface area contributed by atoms with Gasteiger partial charge in [-0.15, -0.1) is 0 Å². The van der Waals surface area contributed by atoms with Crippen LogP contribution in [0.25, 0.3) is 0 Å². The highest BCUT2D eigenvalue weighted by Gasteiger charge is 2.18. The van der Waals surface area contributed by atoms with Gasteiger partial charge in [0, 0.05) is 23.1 Å². The van der Waals surface area contributed by atoms with Gasteiger partial charge in [-0.3, -0.25) is 14.8 Å². The second kappa shape index (κ2) is 3.71. The molecule has 2 aliphatic rings. The van der Waals surface area contributed by atoms with Crippen molar-refractivity contribution in [2.24, 2.45) is 9.98 Å². The molecule has 0 atom stereocenters. The van der Waals surface area contributed by atoms with Crippen molar-refractivity contribution in [3.8, 4) is 0 Å². The van der Waals surface area contributed by atoms with Crippen LogP contribution in [0.5, 0.6) is 0 Å². The molecule has 0 bridgehead atoms. The molecule has 0 saturated heterocycles. The SMILES string of the molecule is O=C(Cl)C1=CN=c2ccc3c(c2C1)SCN=3. The van der Waals surface area contributed by atoms with Crippen LogP contribution < -0.4 is 10.7 Å². The van der Waals surface area contributed by atoms with E-state index in [2.05, 4.69) is 9.98 Å². The summed E-state index contributed by atoms with van der Waals surface area (Å²) in [6.07, 6.45) is 2.12. The molecule has 3 rings (SSSR count). The van der Waals surface area contributed by atoms with Gasteiger partial charge in [0.05, 0.1) is 16.6 Å². The minimum Gasteiger partial charge on any atom is -0.276 e. The number of thioether (sulfide) groups is 1. The molecule has 0 unspecified atom stereocenters. The maximum atomic E-state index is 11.1. The third-order valence-corrected chi connectivity index (χ3v) is 3.88. The van der Waals surface area contributed by atoms with Crippen LogP contribution in [0.15, 0.2) is 38.8 Å². The summed E-state index contributed by atoms with van der Waals surface area (Å²) in [5.41, 5.74) is 1.63. The molecule has 80 valence electrons. The van der Waals surface area contributed by atoms with Crippen LogP contribution in [0.4, 0.5) is 0 Å². The van der Waals surface area contributed by atoms with Crippen LogP contribution in [0, 0.1) is 0 Å². The molecular formula is C11H7ClN2OS. The fraction of sp³-hybridized carbons (Fsp3) is 0.182. The zero-order valence-corrected chi connectivity index (χ0v) is 9.81. The molecule has 0 aromatic heterocycles. The Bertz CT molecular complexity index is 636. The van der Waals surface area contributed by atoms with E-state index in [9.17, 15) is 4.79 Å². The lowest BCUT2D eigenvalue weighted by molar-refractivity contribution is -0.108. The molecule has 3 nitrogen and oxygen atoms in total. The molecule has 2 aliphatic heterocycles. The third kappa shape index (κ3) is 1.49. The zero-order valence-electron chi connectivity index (χ0n) is 8.24. The average molecular weight is 251 g/mol. The van der Waals surface area contributed by atoms with Gasteiger partial charge in [0.15, 0.2) is 0 Å². The van der Waals surface area contributed by atoms with Crippen molar-refractivity contribution in [1.29, 1.82) is 0 Å². The van der Waals surface area contributed by atoms with Crippen molar-refractivity contribution >= 4 is 28.6 Å². The number of allylic oxidation sites excluding steroid dienone is 1. The largest absolute Gasteiger partial charge is 0.276 e. The fourth-order valence-electron chi connectivity index (χ4n) is 1.85. The van der Waals surface area contributed by atoms with Gasteiger partial charge < -0.3 is 0 Å². The van der Waals surface area contributed by atoms with E-state index in [1.165, 1.54) is 0 Å². The highest BCUT2D eigenvalue weighted by Crippen LogP contribution is 2.24. The van der Waals surface area contributed by atoms with Crippen LogP contribution in [0.3, 0.4) is 0 Å². The van der Waals surface area contributed by atoms with Gasteiger partial charge in [0.1, 0.15) is 0 Å². The van der Waals surface area contributed by atoms with E-state index in [0.29, 0.717) is 12.0 Å². The van der Waals surface area contributed by atoms with Gasteiger partial charge in [-0.2, -0.15) is 0 Å². The highest BCUT2D eigenvalue weighted by atomic mass is 35.5. The Labute approximate surface area is 101 Å². The third-order valence-electron chi connectivity index (χ3n) is 2.64. The number of hydrogen-bond acceptors (Lipinski definition) is 4. The molecule has 1 aromatic rings. The number of nitrogens with zero attached hydrogens (tertiary/aromatic N) is 2. The van der Waals surface area contributed by atoms with Gasteiger partial charge >= 0.3 is 0 Å². The fourth-order valence-corrected chi connectivity index (χ4v) is 2.93. The normalized spacial score (nSPS) is 16.7. The lowest BCUT2D eigenvalue weighted by Gasteiger charge is -2.10. The average Bonchev–Trinajstić information content (AvgIpc) is 2.76. The maximum absolute atomic E-state index is 11.1. The molecule has 2 heterocycles. The topological polar surface area (TPSA) is 41.8 Å². The maximum Gasteiger partial charge on any atom is 0.250 e. The standard InChI is InChI=1S/C11H7ClN2OS/c12-11(15)6-3-7-8(13-4-6)1-2-9-10(7)16-5-14-9/h1-2,4H,3,5H2. The number of benzene rings is 1. The highest BCUT2D eigenvalue weighted by molar-refractivity contribution is 7.99. The monoisotopic (exact) mass is 250 g/mol. The van der Waals surface area contributed by atoms with Crippen LogP contribution >= 0.6 is 23.4 Å². The van der Waals surface area contributed by atoms with Crippen molar-refractivity contribution in [1.82, 2.24) is 0 Å². The minimum atomic E-state index is -0.424. The smallest absolute Gasteiger partial charge is 0.250 e. The van der Waals surface area contributed by atoms with Crippen molar-refractivity contribution < 1.29 is 4.79 Å². The Morgan fingerprint density at radius 3 is 3.00 bits per heavy atom. The predicted octanol–water partition coefficient (Wildman–Crippen LogP) is 1.19. The lowest BCUT2D eigenvalue weighted by Crippen LogP contribution is -2.21. The van der Waals surface area contributed by atoms with E-state index < -0.39 is 5.24 Å². The molecule has 1 aromatic carbocycles. The summed E-state index contributed by atoms with van der Waals surface area (Å²) >= 11 is 7.16. The van der Waals surface area contributed by atoms with Crippen molar-refractivity contribution in [3.05, 3.63) is 40.2 Å². The second-order valence-corrected chi connectivity index (χ2v) is 4.88. The Balaban J connectivity index is 2.21. The quantitative estimate of drug-likeness (QED) is 0.703. The zero-order chi connectivity index (χ0) is 11.1. The van der Waals surface area contributed by atoms with Crippen LogP contribution in [-0.2, 0) is 11.2 Å². The summed E-state index contributed by atoms with van der Waals surface area (Å²) in [6.45, 7) is 0. The molecule has 0 radical (unpaired) electrons. The van der Waals surface area contributed by atoms with Crippen molar-refractivity contribution in [3.63, 3.8) is 0 Å². The van der Waals surface area contributed by atoms with Gasteiger partial charge in [-0.05, 0) is 29.3 Å². The van der Waals surface area contributed by atoms with E-state index in [1.807, 2.05) is 12.1 Å². The summed E-state index contributed by atoms with van der Waals surface area (Å²) < 4.78 is 0. The molecule has 0 fully saturated rings. The number of rotatable bonds is 1. The van der Waals surface area contributed by atoms with Crippen LogP contribution in [0.2, 0.25) is 0 Å². The number of carbonyl (C=O) groups excluding carboxylic acids is 1. The van der Waals surface area contributed by atoms with Crippen molar-refractivity contribution in [2.75, 3.05) is 5.88 Å². The number of hydrogen-bond donors (Lipinski definition) is 0. The molecule has 0 saturated carbocycles. The first-order valence-corrected chi connectivity index (χ1v) is 6.18. The molecular weight excluding hydrogens is 244 g/mol. The summed E-state index contributed by atoms with van der Waals surface area (Å²) in [5.74, 6) is 0.750. The van der Waals surface area contributed by atoms with E-state index in [-0.39, 0.29) is 0 Å². The first-order valence-electron chi connectivity index (χ1n) is 4.81. The summed E-state index contributed by atoms with van der Waals surface area (Å²) in [7, 11) is 0. The molecule has 0 amide bonds. The predicted molar refractivity (Wildman–Crippen MR) is 62.1 cm³/mol. The van der Waals surface area contributed by atoms with Gasteiger partial charge in [-0.1, -0.05) is 11.8 Å². The molecule has 16 heavy (non-hydrogen) atoms. The van der Waals surface area contributed by atoms with E-state index in [1.54, 1.807) is 18.0 Å². The summed E-state index contributed by atoms with van der Waals surface area (Å²) in [5, 5.41) is 1.50. The molecule has 0 aliphatic carbocycles. The first kappa shape index (κ1) is 10.1. The minimum absolute atomic E-state index is 0.424. The number of fused-ring (bicyclic) bond motifs is 3. The van der Waals surface area contributed by atoms with Gasteiger partial charge in [0.2, 0.25) is 5.24 Å². The summed E-state index contributed by atoms with van der Waals surface area (Å²) in [4.78, 5) is 20.9. The van der Waals surface area contributed by atoms with E-state index in [4.69, 9.17) is 11.6 Å². The first-order chi connectivity index (χ1) is 7.75. The number of halogens is 1. The Kier molecular flexibility index (Phi) is 2.33. The van der Waals surface area contributed by atoms with Crippen LogP contribution in [-0.4, -0.2) is 11.1 Å².